The smallest absolute Gasteiger partial charge is 0.0587 e. The van der Waals surface area contributed by atoms with E-state index < -0.39 is 0 Å². The SMILES string of the molecule is COCCNCCCC(C)OC. The molecule has 0 rings (SSSR count). The lowest BCUT2D eigenvalue weighted by Gasteiger charge is -2.08. The first-order valence-corrected chi connectivity index (χ1v) is 4.53. The van der Waals surface area contributed by atoms with Crippen molar-refractivity contribution in [3.8, 4) is 0 Å². The zero-order valence-electron chi connectivity index (χ0n) is 8.43. The van der Waals surface area contributed by atoms with Gasteiger partial charge in [-0.25, -0.2) is 0 Å². The van der Waals surface area contributed by atoms with Gasteiger partial charge < -0.3 is 14.8 Å². The summed E-state index contributed by atoms with van der Waals surface area (Å²) in [4.78, 5) is 0. The summed E-state index contributed by atoms with van der Waals surface area (Å²) in [5.41, 5.74) is 0. The summed E-state index contributed by atoms with van der Waals surface area (Å²) in [5.74, 6) is 0. The molecule has 0 aromatic heterocycles. The molecule has 0 amide bonds. The highest BCUT2D eigenvalue weighted by molar-refractivity contribution is 4.52. The Hall–Kier alpha value is -0.120. The van der Waals surface area contributed by atoms with Crippen molar-refractivity contribution < 1.29 is 9.47 Å². The molecule has 1 unspecified atom stereocenters. The van der Waals surface area contributed by atoms with Crippen LogP contribution in [-0.2, 0) is 9.47 Å². The van der Waals surface area contributed by atoms with Crippen LogP contribution in [0.2, 0.25) is 0 Å². The van der Waals surface area contributed by atoms with Gasteiger partial charge in [-0.3, -0.25) is 0 Å². The molecule has 0 aromatic rings. The summed E-state index contributed by atoms with van der Waals surface area (Å²) in [7, 11) is 3.47. The van der Waals surface area contributed by atoms with Gasteiger partial charge >= 0.3 is 0 Å². The predicted molar refractivity (Wildman–Crippen MR) is 50.5 cm³/mol. The molecule has 0 radical (unpaired) electrons. The molecule has 0 saturated heterocycles. The molecule has 0 fully saturated rings. The minimum atomic E-state index is 0.384. The lowest BCUT2D eigenvalue weighted by Crippen LogP contribution is -2.21. The van der Waals surface area contributed by atoms with Crippen molar-refractivity contribution in [1.29, 1.82) is 0 Å². The highest BCUT2D eigenvalue weighted by Gasteiger charge is 1.97. The van der Waals surface area contributed by atoms with E-state index in [0.717, 1.165) is 26.1 Å². The fourth-order valence-corrected chi connectivity index (χ4v) is 0.932. The normalized spacial score (nSPS) is 13.2. The minimum Gasteiger partial charge on any atom is -0.383 e. The highest BCUT2D eigenvalue weighted by atomic mass is 16.5. The Labute approximate surface area is 75.4 Å². The Kier molecular flexibility index (Phi) is 8.88. The van der Waals surface area contributed by atoms with E-state index in [1.54, 1.807) is 14.2 Å². The summed E-state index contributed by atoms with van der Waals surface area (Å²) in [5, 5.41) is 3.29. The van der Waals surface area contributed by atoms with E-state index in [0.29, 0.717) is 6.10 Å². The fraction of sp³-hybridized carbons (Fsp3) is 1.00. The van der Waals surface area contributed by atoms with Gasteiger partial charge in [-0.2, -0.15) is 0 Å². The molecule has 0 saturated carbocycles. The number of rotatable bonds is 8. The zero-order valence-corrected chi connectivity index (χ0v) is 8.43. The van der Waals surface area contributed by atoms with Gasteiger partial charge in [0.1, 0.15) is 0 Å². The standard InChI is InChI=1S/C9H21NO2/c1-9(12-3)5-4-6-10-7-8-11-2/h9-10H,4-8H2,1-3H3. The van der Waals surface area contributed by atoms with E-state index in [4.69, 9.17) is 9.47 Å². The predicted octanol–water partition coefficient (Wildman–Crippen LogP) is 1.04. The van der Waals surface area contributed by atoms with Crippen LogP contribution < -0.4 is 5.32 Å². The molecule has 0 spiro atoms. The molecule has 0 aliphatic rings. The van der Waals surface area contributed by atoms with Gasteiger partial charge in [0.15, 0.2) is 0 Å². The van der Waals surface area contributed by atoms with Gasteiger partial charge in [-0.15, -0.1) is 0 Å². The van der Waals surface area contributed by atoms with Crippen LogP contribution in [-0.4, -0.2) is 40.0 Å². The van der Waals surface area contributed by atoms with Crippen LogP contribution in [0, 0.1) is 0 Å². The molecule has 12 heavy (non-hydrogen) atoms. The lowest BCUT2D eigenvalue weighted by atomic mass is 10.2. The van der Waals surface area contributed by atoms with Crippen LogP contribution in [0.3, 0.4) is 0 Å². The van der Waals surface area contributed by atoms with Crippen LogP contribution in [0.1, 0.15) is 19.8 Å². The summed E-state index contributed by atoms with van der Waals surface area (Å²) >= 11 is 0. The van der Waals surface area contributed by atoms with Crippen LogP contribution in [0.15, 0.2) is 0 Å². The molecule has 74 valence electrons. The van der Waals surface area contributed by atoms with Crippen molar-refractivity contribution in [3.63, 3.8) is 0 Å². The van der Waals surface area contributed by atoms with Crippen molar-refractivity contribution in [3.05, 3.63) is 0 Å². The van der Waals surface area contributed by atoms with E-state index >= 15 is 0 Å². The number of nitrogens with one attached hydrogen (secondary N) is 1. The van der Waals surface area contributed by atoms with Crippen molar-refractivity contribution in [2.24, 2.45) is 0 Å². The molecule has 0 bridgehead atoms. The molecule has 0 heterocycles. The molecular formula is C9H21NO2. The molecule has 1 N–H and O–H groups in total. The van der Waals surface area contributed by atoms with E-state index in [-0.39, 0.29) is 0 Å². The summed E-state index contributed by atoms with van der Waals surface area (Å²) in [6.07, 6.45) is 2.67. The Morgan fingerprint density at radius 3 is 2.58 bits per heavy atom. The second-order valence-corrected chi connectivity index (χ2v) is 2.93. The Bertz CT molecular complexity index is 88.6. The van der Waals surface area contributed by atoms with Crippen LogP contribution in [0.25, 0.3) is 0 Å². The number of ether oxygens (including phenoxy) is 2. The molecule has 0 aliphatic carbocycles. The molecule has 3 nitrogen and oxygen atoms in total. The number of hydrogen-bond acceptors (Lipinski definition) is 3. The van der Waals surface area contributed by atoms with Gasteiger partial charge in [0.2, 0.25) is 0 Å². The number of methoxy groups -OCH3 is 2. The van der Waals surface area contributed by atoms with Crippen molar-refractivity contribution in [2.45, 2.75) is 25.9 Å². The molecular weight excluding hydrogens is 154 g/mol. The van der Waals surface area contributed by atoms with E-state index in [1.807, 2.05) is 0 Å². The average molecular weight is 175 g/mol. The zero-order chi connectivity index (χ0) is 9.23. The van der Waals surface area contributed by atoms with Gasteiger partial charge in [-0.05, 0) is 26.3 Å². The van der Waals surface area contributed by atoms with Crippen LogP contribution in [0.4, 0.5) is 0 Å². The molecule has 3 heteroatoms. The van der Waals surface area contributed by atoms with Crippen molar-refractivity contribution >= 4 is 0 Å². The van der Waals surface area contributed by atoms with E-state index in [2.05, 4.69) is 12.2 Å². The molecule has 1 atom stereocenters. The van der Waals surface area contributed by atoms with Crippen LogP contribution >= 0.6 is 0 Å². The summed E-state index contributed by atoms with van der Waals surface area (Å²) < 4.78 is 10.0. The minimum absolute atomic E-state index is 0.384. The topological polar surface area (TPSA) is 30.5 Å². The van der Waals surface area contributed by atoms with Crippen LogP contribution in [0.5, 0.6) is 0 Å². The maximum Gasteiger partial charge on any atom is 0.0587 e. The first-order valence-electron chi connectivity index (χ1n) is 4.53. The third-order valence-electron chi connectivity index (χ3n) is 1.85. The quantitative estimate of drug-likeness (QED) is 0.559. The maximum atomic E-state index is 5.13. The largest absolute Gasteiger partial charge is 0.383 e. The monoisotopic (exact) mass is 175 g/mol. The van der Waals surface area contributed by atoms with Crippen molar-refractivity contribution in [2.75, 3.05) is 33.9 Å². The van der Waals surface area contributed by atoms with E-state index in [1.165, 1.54) is 6.42 Å². The Morgan fingerprint density at radius 2 is 2.00 bits per heavy atom. The summed E-state index contributed by atoms with van der Waals surface area (Å²) in [6, 6.07) is 0. The molecule has 0 aromatic carbocycles. The fourth-order valence-electron chi connectivity index (χ4n) is 0.932. The van der Waals surface area contributed by atoms with Gasteiger partial charge in [0, 0.05) is 20.8 Å². The first-order chi connectivity index (χ1) is 5.81. The van der Waals surface area contributed by atoms with Gasteiger partial charge in [0.05, 0.1) is 12.7 Å². The van der Waals surface area contributed by atoms with Gasteiger partial charge in [0.25, 0.3) is 0 Å². The van der Waals surface area contributed by atoms with E-state index in [9.17, 15) is 0 Å². The average Bonchev–Trinajstić information content (AvgIpc) is 2.10. The second-order valence-electron chi connectivity index (χ2n) is 2.93. The Morgan fingerprint density at radius 1 is 1.25 bits per heavy atom. The third-order valence-corrected chi connectivity index (χ3v) is 1.85. The maximum absolute atomic E-state index is 5.13. The molecule has 0 aliphatic heterocycles. The first kappa shape index (κ1) is 11.9. The van der Waals surface area contributed by atoms with Crippen molar-refractivity contribution in [1.82, 2.24) is 5.32 Å². The second kappa shape index (κ2) is 8.97. The third kappa shape index (κ3) is 7.98. The summed E-state index contributed by atoms with van der Waals surface area (Å²) in [6.45, 7) is 4.88. The van der Waals surface area contributed by atoms with Gasteiger partial charge in [-0.1, -0.05) is 0 Å². The Balaban J connectivity index is 2.90. The highest BCUT2D eigenvalue weighted by Crippen LogP contribution is 1.97. The number of hydrogen-bond donors (Lipinski definition) is 1. The lowest BCUT2D eigenvalue weighted by molar-refractivity contribution is 0.109.